The lowest BCUT2D eigenvalue weighted by molar-refractivity contribution is 0.0749. The average molecular weight is 337 g/mol. The van der Waals surface area contributed by atoms with Crippen molar-refractivity contribution in [2.45, 2.75) is 39.7 Å². The van der Waals surface area contributed by atoms with Crippen LogP contribution in [0.3, 0.4) is 0 Å². The standard InChI is InChI=1S/C21H27N3O/c1-3-12-23(13-4-2)21(25)20-15-19(9-11-22-20)24-14-10-17-7-5-6-8-18(17)16-24/h5-9,11,15H,3-4,10,12-14,16H2,1-2H3. The molecule has 1 aromatic heterocycles. The van der Waals surface area contributed by atoms with Crippen LogP contribution in [0.2, 0.25) is 0 Å². The second kappa shape index (κ2) is 8.15. The van der Waals surface area contributed by atoms with Gasteiger partial charge in [-0.1, -0.05) is 38.1 Å². The van der Waals surface area contributed by atoms with Crippen LogP contribution in [0.15, 0.2) is 42.6 Å². The number of pyridine rings is 1. The Morgan fingerprint density at radius 1 is 1.12 bits per heavy atom. The second-order valence-electron chi connectivity index (χ2n) is 6.63. The number of hydrogen-bond donors (Lipinski definition) is 0. The maximum Gasteiger partial charge on any atom is 0.272 e. The Hall–Kier alpha value is -2.36. The first-order valence-corrected chi connectivity index (χ1v) is 9.30. The van der Waals surface area contributed by atoms with E-state index in [0.717, 1.165) is 51.1 Å². The van der Waals surface area contributed by atoms with Gasteiger partial charge in [-0.05, 0) is 42.5 Å². The number of benzene rings is 1. The lowest BCUT2D eigenvalue weighted by Crippen LogP contribution is -2.34. The molecular weight excluding hydrogens is 310 g/mol. The number of nitrogens with zero attached hydrogens (tertiary/aromatic N) is 3. The van der Waals surface area contributed by atoms with Crippen LogP contribution >= 0.6 is 0 Å². The molecular formula is C21H27N3O. The van der Waals surface area contributed by atoms with Crippen molar-refractivity contribution in [3.05, 3.63) is 59.4 Å². The zero-order valence-corrected chi connectivity index (χ0v) is 15.2. The number of carbonyl (C=O) groups excluding carboxylic acids is 1. The van der Waals surface area contributed by atoms with Gasteiger partial charge in [-0.25, -0.2) is 0 Å². The van der Waals surface area contributed by atoms with Crippen molar-refractivity contribution >= 4 is 11.6 Å². The van der Waals surface area contributed by atoms with Gasteiger partial charge in [-0.15, -0.1) is 0 Å². The van der Waals surface area contributed by atoms with Crippen molar-refractivity contribution in [1.82, 2.24) is 9.88 Å². The average Bonchev–Trinajstić information content (AvgIpc) is 2.67. The van der Waals surface area contributed by atoms with Crippen molar-refractivity contribution in [3.8, 4) is 0 Å². The molecule has 0 unspecified atom stereocenters. The molecule has 4 heteroatoms. The Bertz CT molecular complexity index is 723. The largest absolute Gasteiger partial charge is 0.367 e. The van der Waals surface area contributed by atoms with Crippen LogP contribution in [0.1, 0.15) is 48.3 Å². The molecule has 3 rings (SSSR count). The van der Waals surface area contributed by atoms with E-state index in [9.17, 15) is 4.79 Å². The number of anilines is 1. The van der Waals surface area contributed by atoms with Crippen molar-refractivity contribution in [1.29, 1.82) is 0 Å². The maximum absolute atomic E-state index is 12.8. The molecule has 0 aliphatic carbocycles. The molecule has 2 aromatic rings. The van der Waals surface area contributed by atoms with Crippen molar-refractivity contribution in [2.75, 3.05) is 24.5 Å². The van der Waals surface area contributed by atoms with Crippen LogP contribution in [0.4, 0.5) is 5.69 Å². The van der Waals surface area contributed by atoms with Gasteiger partial charge in [0.2, 0.25) is 0 Å². The predicted molar refractivity (Wildman–Crippen MR) is 102 cm³/mol. The topological polar surface area (TPSA) is 36.4 Å². The van der Waals surface area contributed by atoms with Crippen LogP contribution in [0.25, 0.3) is 0 Å². The van der Waals surface area contributed by atoms with Gasteiger partial charge in [-0.3, -0.25) is 9.78 Å². The van der Waals surface area contributed by atoms with Crippen LogP contribution < -0.4 is 4.90 Å². The molecule has 1 aromatic carbocycles. The molecule has 1 amide bonds. The fourth-order valence-electron chi connectivity index (χ4n) is 3.47. The number of carbonyl (C=O) groups is 1. The van der Waals surface area contributed by atoms with E-state index in [0.29, 0.717) is 5.69 Å². The lowest BCUT2D eigenvalue weighted by Gasteiger charge is -2.31. The van der Waals surface area contributed by atoms with Gasteiger partial charge in [0, 0.05) is 38.1 Å². The summed E-state index contributed by atoms with van der Waals surface area (Å²) in [4.78, 5) is 21.4. The van der Waals surface area contributed by atoms with E-state index in [4.69, 9.17) is 0 Å². The van der Waals surface area contributed by atoms with Gasteiger partial charge in [0.05, 0.1) is 0 Å². The van der Waals surface area contributed by atoms with E-state index in [-0.39, 0.29) is 5.91 Å². The smallest absolute Gasteiger partial charge is 0.272 e. The molecule has 0 radical (unpaired) electrons. The molecule has 1 aliphatic heterocycles. The summed E-state index contributed by atoms with van der Waals surface area (Å²) in [7, 11) is 0. The minimum Gasteiger partial charge on any atom is -0.367 e. The molecule has 1 aliphatic rings. The Labute approximate surface area is 150 Å². The zero-order chi connectivity index (χ0) is 17.6. The summed E-state index contributed by atoms with van der Waals surface area (Å²) in [6, 6.07) is 12.6. The molecule has 25 heavy (non-hydrogen) atoms. The summed E-state index contributed by atoms with van der Waals surface area (Å²) in [6.45, 7) is 7.64. The molecule has 0 atom stereocenters. The maximum atomic E-state index is 12.8. The Morgan fingerprint density at radius 2 is 1.84 bits per heavy atom. The van der Waals surface area contributed by atoms with Gasteiger partial charge < -0.3 is 9.80 Å². The fraction of sp³-hybridized carbons (Fsp3) is 0.429. The predicted octanol–water partition coefficient (Wildman–Crippen LogP) is 3.91. The highest BCUT2D eigenvalue weighted by atomic mass is 16.2. The molecule has 4 nitrogen and oxygen atoms in total. The highest BCUT2D eigenvalue weighted by Crippen LogP contribution is 2.24. The van der Waals surface area contributed by atoms with Crippen molar-refractivity contribution in [2.24, 2.45) is 0 Å². The monoisotopic (exact) mass is 337 g/mol. The van der Waals surface area contributed by atoms with Crippen LogP contribution in [-0.4, -0.2) is 35.4 Å². The minimum atomic E-state index is 0.0444. The molecule has 0 N–H and O–H groups in total. The quantitative estimate of drug-likeness (QED) is 0.802. The first-order valence-electron chi connectivity index (χ1n) is 9.30. The number of rotatable bonds is 6. The fourth-order valence-corrected chi connectivity index (χ4v) is 3.47. The molecule has 0 spiro atoms. The molecule has 132 valence electrons. The van der Waals surface area contributed by atoms with E-state index >= 15 is 0 Å². The van der Waals surface area contributed by atoms with Crippen LogP contribution in [0.5, 0.6) is 0 Å². The third kappa shape index (κ3) is 4.01. The van der Waals surface area contributed by atoms with Gasteiger partial charge in [-0.2, -0.15) is 0 Å². The third-order valence-electron chi connectivity index (χ3n) is 4.73. The van der Waals surface area contributed by atoms with Crippen LogP contribution in [-0.2, 0) is 13.0 Å². The van der Waals surface area contributed by atoms with Gasteiger partial charge >= 0.3 is 0 Å². The molecule has 0 saturated heterocycles. The number of amides is 1. The summed E-state index contributed by atoms with van der Waals surface area (Å²) >= 11 is 0. The SMILES string of the molecule is CCCN(CCC)C(=O)c1cc(N2CCc3ccccc3C2)ccn1. The Kier molecular flexibility index (Phi) is 5.69. The highest BCUT2D eigenvalue weighted by molar-refractivity contribution is 5.93. The summed E-state index contributed by atoms with van der Waals surface area (Å²) in [5.41, 5.74) is 4.44. The number of fused-ring (bicyclic) bond motifs is 1. The Morgan fingerprint density at radius 3 is 2.56 bits per heavy atom. The second-order valence-corrected chi connectivity index (χ2v) is 6.63. The van der Waals surface area contributed by atoms with E-state index in [2.05, 4.69) is 48.0 Å². The first-order chi connectivity index (χ1) is 12.2. The summed E-state index contributed by atoms with van der Waals surface area (Å²) in [6.07, 6.45) is 4.74. The minimum absolute atomic E-state index is 0.0444. The van der Waals surface area contributed by atoms with Gasteiger partial charge in [0.1, 0.15) is 5.69 Å². The normalized spacial score (nSPS) is 13.4. The number of hydrogen-bond acceptors (Lipinski definition) is 3. The summed E-state index contributed by atoms with van der Waals surface area (Å²) in [5.74, 6) is 0.0444. The summed E-state index contributed by atoms with van der Waals surface area (Å²) < 4.78 is 0. The lowest BCUT2D eigenvalue weighted by atomic mass is 9.99. The molecule has 0 bridgehead atoms. The molecule has 0 saturated carbocycles. The van der Waals surface area contributed by atoms with Crippen molar-refractivity contribution < 1.29 is 4.79 Å². The highest BCUT2D eigenvalue weighted by Gasteiger charge is 2.19. The van der Waals surface area contributed by atoms with Crippen molar-refractivity contribution in [3.63, 3.8) is 0 Å². The van der Waals surface area contributed by atoms with E-state index in [1.54, 1.807) is 6.20 Å². The third-order valence-corrected chi connectivity index (χ3v) is 4.73. The van der Waals surface area contributed by atoms with Gasteiger partial charge in [0.15, 0.2) is 0 Å². The first kappa shape index (κ1) is 17.5. The summed E-state index contributed by atoms with van der Waals surface area (Å²) in [5, 5.41) is 0. The number of aromatic nitrogens is 1. The van der Waals surface area contributed by atoms with Crippen LogP contribution in [0, 0.1) is 0 Å². The molecule has 2 heterocycles. The zero-order valence-electron chi connectivity index (χ0n) is 15.2. The van der Waals surface area contributed by atoms with E-state index in [1.165, 1.54) is 11.1 Å². The van der Waals surface area contributed by atoms with E-state index in [1.807, 2.05) is 17.0 Å². The van der Waals surface area contributed by atoms with E-state index < -0.39 is 0 Å². The van der Waals surface area contributed by atoms with Gasteiger partial charge in [0.25, 0.3) is 5.91 Å². The molecule has 0 fully saturated rings. The Balaban J connectivity index is 1.79.